The average molecular weight is 255 g/mol. The lowest BCUT2D eigenvalue weighted by Gasteiger charge is -2.27. The summed E-state index contributed by atoms with van der Waals surface area (Å²) in [5.41, 5.74) is 8.67. The molecule has 0 saturated heterocycles. The highest BCUT2D eigenvalue weighted by molar-refractivity contribution is 5.34. The van der Waals surface area contributed by atoms with Crippen molar-refractivity contribution in [3.63, 3.8) is 0 Å². The van der Waals surface area contributed by atoms with Crippen LogP contribution in [0.1, 0.15) is 44.1 Å². The zero-order chi connectivity index (χ0) is 13.5. The molecule has 0 bridgehead atoms. The number of benzene rings is 1. The molecule has 2 atom stereocenters. The molecule has 0 heterocycles. The van der Waals surface area contributed by atoms with Crippen LogP contribution in [0.4, 0.5) is 0 Å². The van der Waals surface area contributed by atoms with Gasteiger partial charge in [0.1, 0.15) is 0 Å². The van der Waals surface area contributed by atoms with Crippen molar-refractivity contribution in [1.29, 1.82) is 0 Å². The van der Waals surface area contributed by atoms with E-state index in [1.165, 1.54) is 24.8 Å². The molecule has 0 radical (unpaired) electrons. The predicted octanol–water partition coefficient (Wildman–Crippen LogP) is 4.42. The summed E-state index contributed by atoms with van der Waals surface area (Å²) >= 11 is 0. The van der Waals surface area contributed by atoms with E-state index in [1.54, 1.807) is 5.57 Å². The van der Waals surface area contributed by atoms with E-state index >= 15 is 0 Å². The van der Waals surface area contributed by atoms with Crippen molar-refractivity contribution in [2.24, 2.45) is 11.7 Å². The zero-order valence-electron chi connectivity index (χ0n) is 11.9. The molecule has 0 aromatic heterocycles. The molecule has 0 amide bonds. The molecule has 2 unspecified atom stereocenters. The lowest BCUT2D eigenvalue weighted by Crippen LogP contribution is -2.12. The normalized spacial score (nSPS) is 20.1. The van der Waals surface area contributed by atoms with Crippen molar-refractivity contribution in [2.45, 2.75) is 38.5 Å². The van der Waals surface area contributed by atoms with Crippen LogP contribution >= 0.6 is 0 Å². The van der Waals surface area contributed by atoms with Gasteiger partial charge in [-0.3, -0.25) is 0 Å². The molecular formula is C18H25N. The van der Waals surface area contributed by atoms with E-state index in [9.17, 15) is 0 Å². The number of allylic oxidation sites excluding steroid dienone is 4. The Morgan fingerprint density at radius 2 is 2.00 bits per heavy atom. The van der Waals surface area contributed by atoms with Crippen LogP contribution in [0.2, 0.25) is 0 Å². The van der Waals surface area contributed by atoms with E-state index < -0.39 is 0 Å². The summed E-state index contributed by atoms with van der Waals surface area (Å²) < 4.78 is 0. The topological polar surface area (TPSA) is 26.0 Å². The molecule has 0 saturated carbocycles. The molecule has 2 N–H and O–H groups in total. The van der Waals surface area contributed by atoms with Gasteiger partial charge in [0.15, 0.2) is 0 Å². The van der Waals surface area contributed by atoms with E-state index in [4.69, 9.17) is 5.73 Å². The van der Waals surface area contributed by atoms with Crippen LogP contribution in [-0.4, -0.2) is 6.54 Å². The number of unbranched alkanes of at least 4 members (excludes halogenated alkanes) is 1. The van der Waals surface area contributed by atoms with Crippen LogP contribution in [0.15, 0.2) is 54.1 Å². The molecule has 1 aliphatic rings. The largest absolute Gasteiger partial charge is 0.330 e. The second kappa shape index (κ2) is 7.30. The Kier molecular flexibility index (Phi) is 5.41. The maximum absolute atomic E-state index is 5.63. The maximum Gasteiger partial charge on any atom is 0.00540 e. The average Bonchev–Trinajstić information content (AvgIpc) is 2.46. The van der Waals surface area contributed by atoms with Gasteiger partial charge in [-0.25, -0.2) is 0 Å². The summed E-state index contributed by atoms with van der Waals surface area (Å²) in [6.07, 6.45) is 11.5. The minimum atomic E-state index is 0.563. The van der Waals surface area contributed by atoms with Crippen LogP contribution in [-0.2, 0) is 0 Å². The number of rotatable bonds is 6. The van der Waals surface area contributed by atoms with Gasteiger partial charge in [-0.1, -0.05) is 67.5 Å². The Morgan fingerprint density at radius 3 is 2.68 bits per heavy atom. The van der Waals surface area contributed by atoms with Crippen molar-refractivity contribution in [1.82, 2.24) is 0 Å². The third-order valence-corrected chi connectivity index (χ3v) is 4.03. The van der Waals surface area contributed by atoms with E-state index in [0.29, 0.717) is 11.8 Å². The molecule has 19 heavy (non-hydrogen) atoms. The van der Waals surface area contributed by atoms with Gasteiger partial charge in [0.2, 0.25) is 0 Å². The lowest BCUT2D eigenvalue weighted by molar-refractivity contribution is 0.553. The molecule has 1 aromatic carbocycles. The van der Waals surface area contributed by atoms with Crippen LogP contribution in [0, 0.1) is 5.92 Å². The first-order valence-electron chi connectivity index (χ1n) is 7.44. The lowest BCUT2D eigenvalue weighted by atomic mass is 9.78. The summed E-state index contributed by atoms with van der Waals surface area (Å²) in [6.45, 7) is 3.14. The standard InChI is InChI=1S/C18H25N/c1-15-9-5-6-12-17(15)18(13-7-8-14-19)16-10-3-2-4-11-16/h2-6,10-12,15,18H,7-9,13-14,19H2,1H3. The van der Waals surface area contributed by atoms with Gasteiger partial charge in [-0.05, 0) is 37.3 Å². The number of hydrogen-bond donors (Lipinski definition) is 1. The van der Waals surface area contributed by atoms with Gasteiger partial charge in [0.25, 0.3) is 0 Å². The Bertz CT molecular complexity index is 430. The van der Waals surface area contributed by atoms with Gasteiger partial charge in [-0.15, -0.1) is 0 Å². The SMILES string of the molecule is CC1CC=CC=C1C(CCCCN)c1ccccc1. The monoisotopic (exact) mass is 255 g/mol. The third kappa shape index (κ3) is 3.81. The molecule has 1 aliphatic carbocycles. The van der Waals surface area contributed by atoms with Crippen molar-refractivity contribution in [2.75, 3.05) is 6.54 Å². The molecule has 1 heteroatoms. The summed E-state index contributed by atoms with van der Waals surface area (Å²) in [7, 11) is 0. The Balaban J connectivity index is 2.19. The van der Waals surface area contributed by atoms with Gasteiger partial charge >= 0.3 is 0 Å². The fourth-order valence-corrected chi connectivity index (χ4v) is 2.93. The Hall–Kier alpha value is -1.34. The van der Waals surface area contributed by atoms with Crippen molar-refractivity contribution >= 4 is 0 Å². The molecule has 102 valence electrons. The van der Waals surface area contributed by atoms with Crippen molar-refractivity contribution < 1.29 is 0 Å². The van der Waals surface area contributed by atoms with Crippen molar-refractivity contribution in [3.8, 4) is 0 Å². The molecule has 0 fully saturated rings. The second-order valence-corrected chi connectivity index (χ2v) is 5.48. The maximum atomic E-state index is 5.63. The highest BCUT2D eigenvalue weighted by Gasteiger charge is 2.21. The molecule has 1 nitrogen and oxygen atoms in total. The molecule has 0 aliphatic heterocycles. The van der Waals surface area contributed by atoms with Gasteiger partial charge in [0.05, 0.1) is 0 Å². The Morgan fingerprint density at radius 1 is 1.21 bits per heavy atom. The van der Waals surface area contributed by atoms with Crippen LogP contribution in [0.25, 0.3) is 0 Å². The van der Waals surface area contributed by atoms with Crippen molar-refractivity contribution in [3.05, 3.63) is 59.7 Å². The van der Waals surface area contributed by atoms with Crippen LogP contribution in [0.5, 0.6) is 0 Å². The van der Waals surface area contributed by atoms with E-state index in [1.807, 2.05) is 0 Å². The minimum absolute atomic E-state index is 0.563. The molecular weight excluding hydrogens is 230 g/mol. The quantitative estimate of drug-likeness (QED) is 0.748. The fraction of sp³-hybridized carbons (Fsp3) is 0.444. The van der Waals surface area contributed by atoms with Crippen LogP contribution in [0.3, 0.4) is 0 Å². The summed E-state index contributed by atoms with van der Waals surface area (Å²) in [5, 5.41) is 0. The number of nitrogens with two attached hydrogens (primary N) is 1. The first kappa shape index (κ1) is 14.1. The smallest absolute Gasteiger partial charge is 0.00540 e. The summed E-state index contributed by atoms with van der Waals surface area (Å²) in [5.74, 6) is 1.22. The van der Waals surface area contributed by atoms with Crippen LogP contribution < -0.4 is 5.73 Å². The molecule has 1 aromatic rings. The Labute approximate surface area is 117 Å². The van der Waals surface area contributed by atoms with Gasteiger partial charge in [-0.2, -0.15) is 0 Å². The van der Waals surface area contributed by atoms with Gasteiger partial charge in [0, 0.05) is 5.92 Å². The van der Waals surface area contributed by atoms with E-state index in [0.717, 1.165) is 13.0 Å². The predicted molar refractivity (Wildman–Crippen MR) is 83.1 cm³/mol. The molecule has 0 spiro atoms. The molecule has 2 rings (SSSR count). The van der Waals surface area contributed by atoms with Gasteiger partial charge < -0.3 is 5.73 Å². The zero-order valence-corrected chi connectivity index (χ0v) is 11.9. The highest BCUT2D eigenvalue weighted by atomic mass is 14.5. The second-order valence-electron chi connectivity index (χ2n) is 5.48. The first-order valence-corrected chi connectivity index (χ1v) is 7.44. The fourth-order valence-electron chi connectivity index (χ4n) is 2.93. The first-order chi connectivity index (χ1) is 9.33. The minimum Gasteiger partial charge on any atom is -0.330 e. The highest BCUT2D eigenvalue weighted by Crippen LogP contribution is 2.36. The van der Waals surface area contributed by atoms with E-state index in [2.05, 4.69) is 55.5 Å². The summed E-state index contributed by atoms with van der Waals surface area (Å²) in [6, 6.07) is 10.9. The van der Waals surface area contributed by atoms with E-state index in [-0.39, 0.29) is 0 Å². The number of hydrogen-bond acceptors (Lipinski definition) is 1. The third-order valence-electron chi connectivity index (χ3n) is 4.03. The summed E-state index contributed by atoms with van der Waals surface area (Å²) in [4.78, 5) is 0.